The fourth-order valence-corrected chi connectivity index (χ4v) is 1.83. The molecule has 0 bridgehead atoms. The maximum atomic E-state index is 12.1. The Labute approximate surface area is 109 Å². The first-order chi connectivity index (χ1) is 9.26. The van der Waals surface area contributed by atoms with Crippen LogP contribution in [0.1, 0.15) is 17.3 Å². The minimum Gasteiger partial charge on any atom is -0.454 e. The molecule has 0 aliphatic carbocycles. The molecule has 6 nitrogen and oxygen atoms in total. The molecule has 1 aliphatic heterocycles. The summed E-state index contributed by atoms with van der Waals surface area (Å²) in [6, 6.07) is 6.84. The molecule has 1 N–H and O–H groups in total. The average molecular weight is 259 g/mol. The SMILES string of the molecule is CCn1ccc(NC(=O)c2ccc3c(c2)OCO3)n1. The number of rotatable bonds is 3. The van der Waals surface area contributed by atoms with Crippen molar-refractivity contribution in [1.29, 1.82) is 0 Å². The van der Waals surface area contributed by atoms with Gasteiger partial charge in [-0.2, -0.15) is 5.10 Å². The van der Waals surface area contributed by atoms with Gasteiger partial charge in [0, 0.05) is 24.4 Å². The van der Waals surface area contributed by atoms with Crippen LogP contribution in [0.4, 0.5) is 5.82 Å². The van der Waals surface area contributed by atoms with Crippen LogP contribution in [0, 0.1) is 0 Å². The number of hydrogen-bond acceptors (Lipinski definition) is 4. The molecule has 98 valence electrons. The predicted molar refractivity (Wildman–Crippen MR) is 68.4 cm³/mol. The smallest absolute Gasteiger partial charge is 0.257 e. The maximum Gasteiger partial charge on any atom is 0.257 e. The number of aromatic nitrogens is 2. The Bertz CT molecular complexity index is 621. The summed E-state index contributed by atoms with van der Waals surface area (Å²) in [5.41, 5.74) is 0.510. The minimum absolute atomic E-state index is 0.196. The molecular weight excluding hydrogens is 246 g/mol. The van der Waals surface area contributed by atoms with Crippen molar-refractivity contribution >= 4 is 11.7 Å². The normalized spacial score (nSPS) is 12.5. The van der Waals surface area contributed by atoms with E-state index in [1.165, 1.54) is 0 Å². The Hall–Kier alpha value is -2.50. The largest absolute Gasteiger partial charge is 0.454 e. The highest BCUT2D eigenvalue weighted by Gasteiger charge is 2.16. The molecule has 2 aromatic rings. The van der Waals surface area contributed by atoms with Gasteiger partial charge in [0.2, 0.25) is 6.79 Å². The summed E-state index contributed by atoms with van der Waals surface area (Å²) in [7, 11) is 0. The lowest BCUT2D eigenvalue weighted by atomic mass is 10.2. The zero-order chi connectivity index (χ0) is 13.2. The van der Waals surface area contributed by atoms with E-state index in [4.69, 9.17) is 9.47 Å². The highest BCUT2D eigenvalue weighted by Crippen LogP contribution is 2.32. The number of ether oxygens (including phenoxy) is 2. The van der Waals surface area contributed by atoms with E-state index in [2.05, 4.69) is 10.4 Å². The fourth-order valence-electron chi connectivity index (χ4n) is 1.83. The van der Waals surface area contributed by atoms with Gasteiger partial charge in [-0.3, -0.25) is 9.48 Å². The van der Waals surface area contributed by atoms with Crippen molar-refractivity contribution in [1.82, 2.24) is 9.78 Å². The van der Waals surface area contributed by atoms with Gasteiger partial charge >= 0.3 is 0 Å². The number of amides is 1. The summed E-state index contributed by atoms with van der Waals surface area (Å²) in [5, 5.41) is 6.93. The third kappa shape index (κ3) is 2.24. The van der Waals surface area contributed by atoms with Crippen LogP contribution in [-0.4, -0.2) is 22.5 Å². The summed E-state index contributed by atoms with van der Waals surface area (Å²) in [6.45, 7) is 2.94. The molecule has 0 radical (unpaired) electrons. The summed E-state index contributed by atoms with van der Waals surface area (Å²) in [5.74, 6) is 1.56. The lowest BCUT2D eigenvalue weighted by molar-refractivity contribution is 0.102. The van der Waals surface area contributed by atoms with E-state index in [1.807, 2.05) is 13.1 Å². The quantitative estimate of drug-likeness (QED) is 0.914. The molecule has 1 amide bonds. The van der Waals surface area contributed by atoms with Crippen molar-refractivity contribution in [3.8, 4) is 11.5 Å². The van der Waals surface area contributed by atoms with Gasteiger partial charge in [0.25, 0.3) is 5.91 Å². The first-order valence-corrected chi connectivity index (χ1v) is 6.00. The van der Waals surface area contributed by atoms with Crippen molar-refractivity contribution in [3.63, 3.8) is 0 Å². The zero-order valence-electron chi connectivity index (χ0n) is 10.4. The van der Waals surface area contributed by atoms with Gasteiger partial charge in [0.15, 0.2) is 17.3 Å². The molecule has 6 heteroatoms. The number of hydrogen-bond donors (Lipinski definition) is 1. The molecule has 1 aromatic heterocycles. The van der Waals surface area contributed by atoms with Crippen LogP contribution >= 0.6 is 0 Å². The van der Waals surface area contributed by atoms with Crippen LogP contribution in [0.25, 0.3) is 0 Å². The third-order valence-electron chi connectivity index (χ3n) is 2.84. The molecule has 0 saturated carbocycles. The molecular formula is C13H13N3O3. The highest BCUT2D eigenvalue weighted by atomic mass is 16.7. The molecule has 0 fully saturated rings. The summed E-state index contributed by atoms with van der Waals surface area (Å²) in [6.07, 6.45) is 1.81. The molecule has 2 heterocycles. The number of carbonyl (C=O) groups is 1. The van der Waals surface area contributed by atoms with Crippen molar-refractivity contribution in [2.45, 2.75) is 13.5 Å². The second-order valence-electron chi connectivity index (χ2n) is 4.08. The maximum absolute atomic E-state index is 12.1. The lowest BCUT2D eigenvalue weighted by Crippen LogP contribution is -2.12. The molecule has 3 rings (SSSR count). The van der Waals surface area contributed by atoms with Gasteiger partial charge in [-0.15, -0.1) is 0 Å². The number of benzene rings is 1. The van der Waals surface area contributed by atoms with E-state index in [0.717, 1.165) is 6.54 Å². The van der Waals surface area contributed by atoms with Crippen LogP contribution in [0.5, 0.6) is 11.5 Å². The number of nitrogens with one attached hydrogen (secondary N) is 1. The van der Waals surface area contributed by atoms with E-state index in [0.29, 0.717) is 22.9 Å². The monoisotopic (exact) mass is 259 g/mol. The van der Waals surface area contributed by atoms with Crippen LogP contribution < -0.4 is 14.8 Å². The van der Waals surface area contributed by atoms with Crippen LogP contribution in [0.2, 0.25) is 0 Å². The summed E-state index contributed by atoms with van der Waals surface area (Å²) < 4.78 is 12.2. The standard InChI is InChI=1S/C13H13N3O3/c1-2-16-6-5-12(15-16)14-13(17)9-3-4-10-11(7-9)19-8-18-10/h3-7H,2,8H2,1H3,(H,14,15,17). The molecule has 1 aliphatic rings. The Morgan fingerprint density at radius 3 is 3.00 bits per heavy atom. The lowest BCUT2D eigenvalue weighted by Gasteiger charge is -2.03. The molecule has 1 aromatic carbocycles. The predicted octanol–water partition coefficient (Wildman–Crippen LogP) is 1.88. The van der Waals surface area contributed by atoms with E-state index in [1.54, 1.807) is 28.9 Å². The molecule has 0 saturated heterocycles. The molecule has 19 heavy (non-hydrogen) atoms. The van der Waals surface area contributed by atoms with Crippen molar-refractivity contribution in [2.75, 3.05) is 12.1 Å². The first kappa shape index (κ1) is 11.6. The molecule has 0 spiro atoms. The number of fused-ring (bicyclic) bond motifs is 1. The average Bonchev–Trinajstić information content (AvgIpc) is 3.05. The van der Waals surface area contributed by atoms with Crippen molar-refractivity contribution < 1.29 is 14.3 Å². The van der Waals surface area contributed by atoms with E-state index in [9.17, 15) is 4.79 Å². The minimum atomic E-state index is -0.223. The Kier molecular flexibility index (Phi) is 2.83. The van der Waals surface area contributed by atoms with Gasteiger partial charge in [0.05, 0.1) is 0 Å². The number of anilines is 1. The Morgan fingerprint density at radius 1 is 1.37 bits per heavy atom. The van der Waals surface area contributed by atoms with Gasteiger partial charge in [-0.25, -0.2) is 0 Å². The number of aryl methyl sites for hydroxylation is 1. The van der Waals surface area contributed by atoms with Crippen molar-refractivity contribution in [2.24, 2.45) is 0 Å². The second-order valence-corrected chi connectivity index (χ2v) is 4.08. The second kappa shape index (κ2) is 4.64. The number of nitrogens with zero attached hydrogens (tertiary/aromatic N) is 2. The van der Waals surface area contributed by atoms with Gasteiger partial charge in [0.1, 0.15) is 0 Å². The summed E-state index contributed by atoms with van der Waals surface area (Å²) >= 11 is 0. The molecule has 0 atom stereocenters. The van der Waals surface area contributed by atoms with Gasteiger partial charge in [-0.1, -0.05) is 0 Å². The van der Waals surface area contributed by atoms with E-state index >= 15 is 0 Å². The highest BCUT2D eigenvalue weighted by molar-refractivity contribution is 6.04. The Balaban J connectivity index is 1.76. The Morgan fingerprint density at radius 2 is 2.21 bits per heavy atom. The van der Waals surface area contributed by atoms with E-state index in [-0.39, 0.29) is 12.7 Å². The van der Waals surface area contributed by atoms with Gasteiger partial charge < -0.3 is 14.8 Å². The van der Waals surface area contributed by atoms with Gasteiger partial charge in [-0.05, 0) is 25.1 Å². The zero-order valence-corrected chi connectivity index (χ0v) is 10.4. The first-order valence-electron chi connectivity index (χ1n) is 6.00. The topological polar surface area (TPSA) is 65.4 Å². The third-order valence-corrected chi connectivity index (χ3v) is 2.84. The number of carbonyl (C=O) groups excluding carboxylic acids is 1. The van der Waals surface area contributed by atoms with Crippen LogP contribution in [-0.2, 0) is 6.54 Å². The molecule has 0 unspecified atom stereocenters. The van der Waals surface area contributed by atoms with Crippen LogP contribution in [0.3, 0.4) is 0 Å². The van der Waals surface area contributed by atoms with Crippen LogP contribution in [0.15, 0.2) is 30.5 Å². The fraction of sp³-hybridized carbons (Fsp3) is 0.231. The summed E-state index contributed by atoms with van der Waals surface area (Å²) in [4.78, 5) is 12.1. The van der Waals surface area contributed by atoms with Crippen molar-refractivity contribution in [3.05, 3.63) is 36.0 Å². The van der Waals surface area contributed by atoms with E-state index < -0.39 is 0 Å².